The normalized spacial score (nSPS) is 9.90. The van der Waals surface area contributed by atoms with E-state index < -0.39 is 0 Å². The van der Waals surface area contributed by atoms with Gasteiger partial charge in [-0.25, -0.2) is 4.98 Å². The third-order valence-corrected chi connectivity index (χ3v) is 2.75. The van der Waals surface area contributed by atoms with Gasteiger partial charge in [0.2, 0.25) is 0 Å². The van der Waals surface area contributed by atoms with Crippen LogP contribution in [0.4, 0.5) is 11.5 Å². The average Bonchev–Trinajstić information content (AvgIpc) is 2.47. The highest BCUT2D eigenvalue weighted by atomic mass is 16.1. The van der Waals surface area contributed by atoms with Gasteiger partial charge in [-0.15, -0.1) is 0 Å². The zero-order chi connectivity index (χ0) is 14.5. The first kappa shape index (κ1) is 13.7. The molecule has 20 heavy (non-hydrogen) atoms. The van der Waals surface area contributed by atoms with E-state index >= 15 is 0 Å². The van der Waals surface area contributed by atoms with Crippen LogP contribution in [0, 0.1) is 0 Å². The maximum atomic E-state index is 12.0. The van der Waals surface area contributed by atoms with Crippen LogP contribution in [0.1, 0.15) is 20.7 Å². The number of anilines is 2. The Hall–Kier alpha value is -2.69. The lowest BCUT2D eigenvalue weighted by atomic mass is 10.2. The second kappa shape index (κ2) is 5.97. The van der Waals surface area contributed by atoms with Gasteiger partial charge in [-0.1, -0.05) is 12.1 Å². The molecule has 0 spiro atoms. The van der Waals surface area contributed by atoms with Crippen molar-refractivity contribution in [3.63, 3.8) is 0 Å². The maximum absolute atomic E-state index is 12.0. The van der Waals surface area contributed by atoms with Gasteiger partial charge in [-0.3, -0.25) is 9.59 Å². The Labute approximate surface area is 117 Å². The van der Waals surface area contributed by atoms with Crippen LogP contribution >= 0.6 is 0 Å². The topological polar surface area (TPSA) is 62.3 Å². The first-order chi connectivity index (χ1) is 9.60. The molecule has 1 amide bonds. The molecule has 0 bridgehead atoms. The predicted molar refractivity (Wildman–Crippen MR) is 78.3 cm³/mol. The largest absolute Gasteiger partial charge is 0.363 e. The summed E-state index contributed by atoms with van der Waals surface area (Å²) in [5, 5.41) is 2.73. The quantitative estimate of drug-likeness (QED) is 0.864. The van der Waals surface area contributed by atoms with Crippen molar-refractivity contribution in [2.45, 2.75) is 0 Å². The smallest absolute Gasteiger partial charge is 0.257 e. The lowest BCUT2D eigenvalue weighted by Gasteiger charge is -2.11. The number of hydrogen-bond acceptors (Lipinski definition) is 4. The Bertz CT molecular complexity index is 621. The average molecular weight is 269 g/mol. The number of amides is 1. The fraction of sp³-hybridized carbons (Fsp3) is 0.133. The molecule has 5 nitrogen and oxygen atoms in total. The van der Waals surface area contributed by atoms with E-state index in [4.69, 9.17) is 0 Å². The van der Waals surface area contributed by atoms with Gasteiger partial charge in [0, 0.05) is 31.5 Å². The minimum atomic E-state index is -0.258. The SMILES string of the molecule is CN(C)c1ccc(C(=O)Nc2cccc(C=O)c2)cn1. The number of rotatable bonds is 4. The van der Waals surface area contributed by atoms with Crippen molar-refractivity contribution >= 4 is 23.7 Å². The van der Waals surface area contributed by atoms with Gasteiger partial charge >= 0.3 is 0 Å². The van der Waals surface area contributed by atoms with E-state index in [1.807, 2.05) is 19.0 Å². The highest BCUT2D eigenvalue weighted by Crippen LogP contribution is 2.12. The molecule has 5 heteroatoms. The summed E-state index contributed by atoms with van der Waals surface area (Å²) in [5.41, 5.74) is 1.56. The van der Waals surface area contributed by atoms with Gasteiger partial charge < -0.3 is 10.2 Å². The molecule has 2 aromatic rings. The second-order valence-corrected chi connectivity index (χ2v) is 4.50. The number of pyridine rings is 1. The predicted octanol–water partition coefficient (Wildman–Crippen LogP) is 2.21. The van der Waals surface area contributed by atoms with Gasteiger partial charge in [0.05, 0.1) is 5.56 Å². The highest BCUT2D eigenvalue weighted by molar-refractivity contribution is 6.04. The van der Waals surface area contributed by atoms with E-state index in [9.17, 15) is 9.59 Å². The number of aldehydes is 1. The van der Waals surface area contributed by atoms with Crippen LogP contribution < -0.4 is 10.2 Å². The number of aromatic nitrogens is 1. The van der Waals surface area contributed by atoms with Crippen LogP contribution in [0.2, 0.25) is 0 Å². The summed E-state index contributed by atoms with van der Waals surface area (Å²) < 4.78 is 0. The number of carbonyl (C=O) groups is 2. The molecule has 2 rings (SSSR count). The van der Waals surface area contributed by atoms with Crippen molar-refractivity contribution in [3.05, 3.63) is 53.7 Å². The molecule has 0 aliphatic rings. The molecule has 0 atom stereocenters. The van der Waals surface area contributed by atoms with Gasteiger partial charge in [0.15, 0.2) is 0 Å². The zero-order valence-corrected chi connectivity index (χ0v) is 11.3. The monoisotopic (exact) mass is 269 g/mol. The summed E-state index contributed by atoms with van der Waals surface area (Å²) in [6, 6.07) is 10.2. The van der Waals surface area contributed by atoms with Crippen LogP contribution in [0.25, 0.3) is 0 Å². The maximum Gasteiger partial charge on any atom is 0.257 e. The molecule has 102 valence electrons. The molecular formula is C15H15N3O2. The zero-order valence-electron chi connectivity index (χ0n) is 11.3. The molecule has 0 saturated carbocycles. The van der Waals surface area contributed by atoms with Crippen molar-refractivity contribution in [2.24, 2.45) is 0 Å². The molecule has 0 aliphatic heterocycles. The molecule has 1 aromatic carbocycles. The molecule has 0 radical (unpaired) electrons. The van der Waals surface area contributed by atoms with Crippen LogP contribution in [-0.4, -0.2) is 31.3 Å². The highest BCUT2D eigenvalue weighted by Gasteiger charge is 2.07. The van der Waals surface area contributed by atoms with Crippen LogP contribution in [-0.2, 0) is 0 Å². The van der Waals surface area contributed by atoms with Crippen molar-refractivity contribution in [3.8, 4) is 0 Å². The first-order valence-electron chi connectivity index (χ1n) is 6.10. The number of nitrogens with zero attached hydrogens (tertiary/aromatic N) is 2. The van der Waals surface area contributed by atoms with E-state index in [2.05, 4.69) is 10.3 Å². The van der Waals surface area contributed by atoms with Crippen LogP contribution in [0.15, 0.2) is 42.6 Å². The third-order valence-electron chi connectivity index (χ3n) is 2.75. The fourth-order valence-electron chi connectivity index (χ4n) is 1.68. The van der Waals surface area contributed by atoms with Crippen molar-refractivity contribution < 1.29 is 9.59 Å². The van der Waals surface area contributed by atoms with Crippen LogP contribution in [0.3, 0.4) is 0 Å². The molecule has 1 aromatic heterocycles. The standard InChI is InChI=1S/C15H15N3O2/c1-18(2)14-7-6-12(9-16-14)15(20)17-13-5-3-4-11(8-13)10-19/h3-10H,1-2H3,(H,17,20). The van der Waals surface area contributed by atoms with E-state index in [0.717, 1.165) is 12.1 Å². The Morgan fingerprint density at radius 3 is 2.65 bits per heavy atom. The van der Waals surface area contributed by atoms with Gasteiger partial charge in [0.1, 0.15) is 12.1 Å². The third kappa shape index (κ3) is 3.20. The second-order valence-electron chi connectivity index (χ2n) is 4.50. The Morgan fingerprint density at radius 2 is 2.05 bits per heavy atom. The molecule has 0 saturated heterocycles. The molecule has 1 heterocycles. The number of hydrogen-bond donors (Lipinski definition) is 1. The van der Waals surface area contributed by atoms with Crippen molar-refractivity contribution in [1.82, 2.24) is 4.98 Å². The Morgan fingerprint density at radius 1 is 1.25 bits per heavy atom. The van der Waals surface area contributed by atoms with E-state index in [1.165, 1.54) is 6.20 Å². The summed E-state index contributed by atoms with van der Waals surface area (Å²) in [6.07, 6.45) is 2.26. The summed E-state index contributed by atoms with van der Waals surface area (Å²) in [5.74, 6) is 0.523. The number of carbonyl (C=O) groups excluding carboxylic acids is 2. The number of nitrogens with one attached hydrogen (secondary N) is 1. The molecular weight excluding hydrogens is 254 g/mol. The molecule has 0 aliphatic carbocycles. The first-order valence-corrected chi connectivity index (χ1v) is 6.10. The van der Waals surface area contributed by atoms with Crippen molar-refractivity contribution in [1.29, 1.82) is 0 Å². The summed E-state index contributed by atoms with van der Waals surface area (Å²) in [7, 11) is 3.76. The summed E-state index contributed by atoms with van der Waals surface area (Å²) in [6.45, 7) is 0. The Balaban J connectivity index is 2.13. The van der Waals surface area contributed by atoms with Gasteiger partial charge in [0.25, 0.3) is 5.91 Å². The van der Waals surface area contributed by atoms with Crippen molar-refractivity contribution in [2.75, 3.05) is 24.3 Å². The fourth-order valence-corrected chi connectivity index (χ4v) is 1.68. The summed E-state index contributed by atoms with van der Waals surface area (Å²) in [4.78, 5) is 28.8. The molecule has 1 N–H and O–H groups in total. The van der Waals surface area contributed by atoms with E-state index in [0.29, 0.717) is 16.8 Å². The minimum Gasteiger partial charge on any atom is -0.363 e. The van der Waals surface area contributed by atoms with E-state index in [1.54, 1.807) is 36.4 Å². The summed E-state index contributed by atoms with van der Waals surface area (Å²) >= 11 is 0. The van der Waals surface area contributed by atoms with Gasteiger partial charge in [-0.05, 0) is 24.3 Å². The molecule has 0 fully saturated rings. The van der Waals surface area contributed by atoms with E-state index in [-0.39, 0.29) is 5.91 Å². The minimum absolute atomic E-state index is 0.258. The lowest BCUT2D eigenvalue weighted by molar-refractivity contribution is 0.102. The lowest BCUT2D eigenvalue weighted by Crippen LogP contribution is -2.14. The Kier molecular flexibility index (Phi) is 4.10. The van der Waals surface area contributed by atoms with Crippen LogP contribution in [0.5, 0.6) is 0 Å². The van der Waals surface area contributed by atoms with Gasteiger partial charge in [-0.2, -0.15) is 0 Å². The molecule has 0 unspecified atom stereocenters. The number of benzene rings is 1.